The topological polar surface area (TPSA) is 87.4 Å². The van der Waals surface area contributed by atoms with Gasteiger partial charge in [0, 0.05) is 129 Å². The first-order chi connectivity index (χ1) is 39.3. The molecule has 0 saturated heterocycles. The van der Waals surface area contributed by atoms with Crippen molar-refractivity contribution in [3.8, 4) is 11.5 Å². The van der Waals surface area contributed by atoms with E-state index in [1.165, 1.54) is 24.8 Å². The van der Waals surface area contributed by atoms with Crippen molar-refractivity contribution in [1.82, 2.24) is 9.13 Å². The lowest BCUT2D eigenvalue weighted by molar-refractivity contribution is 0.0236. The van der Waals surface area contributed by atoms with Crippen molar-refractivity contribution >= 4 is 45.1 Å². The molecule has 0 N–H and O–H groups in total. The summed E-state index contributed by atoms with van der Waals surface area (Å²) in [5, 5.41) is 2.21. The van der Waals surface area contributed by atoms with Crippen molar-refractivity contribution in [1.29, 1.82) is 0 Å². The van der Waals surface area contributed by atoms with Crippen LogP contribution in [0, 0.1) is 25.7 Å². The van der Waals surface area contributed by atoms with Crippen LogP contribution in [0.3, 0.4) is 0 Å². The molecule has 8 aromatic rings. The maximum Gasteiger partial charge on any atom is 0.340 e. The van der Waals surface area contributed by atoms with E-state index in [1.54, 1.807) is 0 Å². The average molecular weight is 1090 g/mol. The van der Waals surface area contributed by atoms with Crippen LogP contribution in [-0.2, 0) is 33.8 Å². The van der Waals surface area contributed by atoms with Crippen LogP contribution in [0.25, 0.3) is 21.8 Å². The van der Waals surface area contributed by atoms with E-state index in [9.17, 15) is 9.59 Å². The maximum atomic E-state index is 13.7. The van der Waals surface area contributed by atoms with Crippen molar-refractivity contribution in [3.63, 3.8) is 0 Å². The summed E-state index contributed by atoms with van der Waals surface area (Å²) in [7, 11) is 0. The van der Waals surface area contributed by atoms with Gasteiger partial charge in [-0.2, -0.15) is 0 Å². The van der Waals surface area contributed by atoms with Crippen LogP contribution in [0.5, 0.6) is 11.5 Å². The molecule has 0 fully saturated rings. The van der Waals surface area contributed by atoms with Crippen molar-refractivity contribution in [2.45, 2.75) is 139 Å². The summed E-state index contributed by atoms with van der Waals surface area (Å²) < 4.78 is 30.9. The van der Waals surface area contributed by atoms with Gasteiger partial charge in [-0.05, 0) is 129 Å². The van der Waals surface area contributed by atoms with E-state index < -0.39 is 11.2 Å². The molecule has 0 amide bonds. The highest BCUT2D eigenvalue weighted by Crippen LogP contribution is 2.56. The number of para-hydroxylation sites is 2. The van der Waals surface area contributed by atoms with Crippen LogP contribution >= 0.6 is 0 Å². The molecule has 6 aromatic carbocycles. The number of carbonyl (C=O) groups is 2. The number of anilines is 2. The second-order valence-corrected chi connectivity index (χ2v) is 22.1. The summed E-state index contributed by atoms with van der Waals surface area (Å²) in [5.74, 6) is 2.03. The molecular weight excluding hydrogens is 1000 g/mol. The number of ether oxygens (including phenoxy) is 4. The average Bonchev–Trinajstić information content (AvgIpc) is 2.15. The molecule has 10 nitrogen and oxygen atoms in total. The number of cyclic esters (lactones) is 2. The number of aryl methyl sites for hydroxylation is 1. The van der Waals surface area contributed by atoms with Gasteiger partial charge in [0.25, 0.3) is 0 Å². The number of hydrogen-bond donors (Lipinski definition) is 0. The van der Waals surface area contributed by atoms with Gasteiger partial charge < -0.3 is 37.9 Å². The molecule has 81 heavy (non-hydrogen) atoms. The maximum absolute atomic E-state index is 13.7. The molecule has 426 valence electrons. The molecule has 2 aromatic heterocycles. The molecule has 0 spiro atoms. The van der Waals surface area contributed by atoms with Gasteiger partial charge in [0.1, 0.15) is 11.5 Å². The third-order valence-electron chi connectivity index (χ3n) is 17.2. The van der Waals surface area contributed by atoms with Gasteiger partial charge in [-0.3, -0.25) is 0 Å². The van der Waals surface area contributed by atoms with Gasteiger partial charge in [-0.15, -0.1) is 0 Å². The summed E-state index contributed by atoms with van der Waals surface area (Å²) in [6.07, 6.45) is 5.83. The number of unbranched alkanes of at least 4 members (excludes halogenated alkanes) is 1. The minimum absolute atomic E-state index is 0.300. The zero-order valence-electron chi connectivity index (χ0n) is 50.3. The number of nitrogens with zero attached hydrogens (tertiary/aromatic N) is 4. The zero-order chi connectivity index (χ0) is 57.6. The Morgan fingerprint density at radius 2 is 0.951 bits per heavy atom. The highest BCUT2D eigenvalue weighted by molar-refractivity contribution is 6.00. The SMILES string of the molecule is CCCCC(CC)Cn1c(C)c(C2(c3ccc(N(CC)CC)cc3OCC)OC(=O)c3ccccc32)c2ccccc21.CCOc1cc(N(CC)CC)ccc1C1(c2c(C)n(CCC(C)C)c3ccccc23)OC(=O)c2ccccc21. The van der Waals surface area contributed by atoms with E-state index >= 15 is 0 Å². The van der Waals surface area contributed by atoms with Crippen LogP contribution in [0.4, 0.5) is 11.4 Å². The Morgan fingerprint density at radius 1 is 0.519 bits per heavy atom. The third kappa shape index (κ3) is 10.5. The van der Waals surface area contributed by atoms with Crippen LogP contribution in [0.2, 0.25) is 0 Å². The molecule has 0 bridgehead atoms. The fraction of sp³-hybridized carbons (Fsp3) is 0.408. The first kappa shape index (κ1) is 58.2. The van der Waals surface area contributed by atoms with E-state index in [-0.39, 0.29) is 11.9 Å². The molecular formula is C71H86N4O6. The number of aromatic nitrogens is 2. The summed E-state index contributed by atoms with van der Waals surface area (Å²) in [4.78, 5) is 31.9. The Balaban J connectivity index is 0.000000196. The van der Waals surface area contributed by atoms with Crippen LogP contribution < -0.4 is 19.3 Å². The summed E-state index contributed by atoms with van der Waals surface area (Å²) >= 11 is 0. The first-order valence-corrected chi connectivity index (χ1v) is 30.2. The Kier molecular flexibility index (Phi) is 18.1. The molecule has 4 heterocycles. The fourth-order valence-electron chi connectivity index (χ4n) is 13.0. The summed E-state index contributed by atoms with van der Waals surface area (Å²) in [5.41, 5.74) is 11.2. The lowest BCUT2D eigenvalue weighted by Gasteiger charge is -2.33. The molecule has 0 aliphatic carbocycles. The molecule has 2 aliphatic rings. The van der Waals surface area contributed by atoms with Gasteiger partial charge in [0.05, 0.1) is 24.3 Å². The van der Waals surface area contributed by atoms with Crippen LogP contribution in [0.1, 0.15) is 167 Å². The molecule has 3 unspecified atom stereocenters. The third-order valence-corrected chi connectivity index (χ3v) is 17.2. The van der Waals surface area contributed by atoms with Crippen molar-refractivity contribution < 1.29 is 28.5 Å². The Hall–Kier alpha value is -7.46. The predicted octanol–water partition coefficient (Wildman–Crippen LogP) is 16.6. The number of esters is 2. The second kappa shape index (κ2) is 25.1. The second-order valence-electron chi connectivity index (χ2n) is 22.1. The molecule has 0 radical (unpaired) electrons. The van der Waals surface area contributed by atoms with Gasteiger partial charge in [-0.25, -0.2) is 9.59 Å². The lowest BCUT2D eigenvalue weighted by Crippen LogP contribution is -2.31. The predicted molar refractivity (Wildman–Crippen MR) is 332 cm³/mol. The van der Waals surface area contributed by atoms with E-state index in [1.807, 2.05) is 56.3 Å². The van der Waals surface area contributed by atoms with Crippen LogP contribution in [0.15, 0.2) is 133 Å². The largest absolute Gasteiger partial charge is 0.493 e. The molecule has 10 rings (SSSR count). The van der Waals surface area contributed by atoms with Gasteiger partial charge >= 0.3 is 11.9 Å². The van der Waals surface area contributed by atoms with E-state index in [2.05, 4.69) is 179 Å². The van der Waals surface area contributed by atoms with Crippen molar-refractivity contribution in [3.05, 3.63) is 189 Å². The summed E-state index contributed by atoms with van der Waals surface area (Å²) in [6, 6.07) is 45.5. The highest BCUT2D eigenvalue weighted by atomic mass is 16.6. The Bertz CT molecular complexity index is 3510. The molecule has 0 saturated carbocycles. The Labute approximate surface area is 482 Å². The number of benzene rings is 6. The van der Waals surface area contributed by atoms with Gasteiger partial charge in [0.2, 0.25) is 0 Å². The van der Waals surface area contributed by atoms with Gasteiger partial charge in [-0.1, -0.05) is 120 Å². The van der Waals surface area contributed by atoms with E-state index in [4.69, 9.17) is 18.9 Å². The number of rotatable bonds is 23. The zero-order valence-corrected chi connectivity index (χ0v) is 50.3. The van der Waals surface area contributed by atoms with Crippen molar-refractivity contribution in [2.75, 3.05) is 49.2 Å². The first-order valence-electron chi connectivity index (χ1n) is 30.2. The van der Waals surface area contributed by atoms with Gasteiger partial charge in [0.15, 0.2) is 11.2 Å². The molecule has 3 atom stereocenters. The minimum Gasteiger partial charge on any atom is -0.493 e. The number of fused-ring (bicyclic) bond motifs is 4. The standard InChI is InChI=1S/C37H46N2O3.C34H40N2O3/c1-7-12-17-27(8-2)25-39-26(6)35(30-19-14-16-21-33(30)39)37(31-20-15-13-18-29(31)36(40)42-37)32-23-22-28(38(9-3)10-4)24-34(32)41-11-5;1-7-35(8-2)25-18-19-29(31(22-25)38-9-3)34(28-16-12-10-14-26(28)33(37)39-34)32-24(6)36(21-20-23(4)5)30-17-13-11-15-27(30)32/h13-16,18-24,27H,7-12,17,25H2,1-6H3;10-19,22-23H,7-9,20-21H2,1-6H3. The lowest BCUT2D eigenvalue weighted by atomic mass is 9.78. The molecule has 10 heteroatoms. The number of hydrogen-bond acceptors (Lipinski definition) is 8. The smallest absolute Gasteiger partial charge is 0.340 e. The minimum atomic E-state index is -1.14. The van der Waals surface area contributed by atoms with E-state index in [0.29, 0.717) is 36.2 Å². The monoisotopic (exact) mass is 1090 g/mol. The fourth-order valence-corrected chi connectivity index (χ4v) is 13.0. The Morgan fingerprint density at radius 3 is 1.38 bits per heavy atom. The summed E-state index contributed by atoms with van der Waals surface area (Å²) in [6.45, 7) is 32.5. The normalized spacial score (nSPS) is 16.7. The highest BCUT2D eigenvalue weighted by Gasteiger charge is 2.54. The van der Waals surface area contributed by atoms with Crippen LogP contribution in [-0.4, -0.2) is 60.5 Å². The number of carbonyl (C=O) groups excluding carboxylic acids is 2. The quantitative estimate of drug-likeness (QED) is 0.0586. The van der Waals surface area contributed by atoms with Crippen molar-refractivity contribution in [2.24, 2.45) is 11.8 Å². The van der Waals surface area contributed by atoms with E-state index in [0.717, 1.165) is 136 Å². The molecule has 2 aliphatic heterocycles.